The molecule has 0 aliphatic rings. The number of benzene rings is 1. The molecule has 0 unspecified atom stereocenters. The Labute approximate surface area is 81.0 Å². The third kappa shape index (κ3) is 1.69. The summed E-state index contributed by atoms with van der Waals surface area (Å²) >= 11 is 0. The second kappa shape index (κ2) is 3.41. The van der Waals surface area contributed by atoms with Gasteiger partial charge in [-0.3, -0.25) is 4.68 Å². The summed E-state index contributed by atoms with van der Waals surface area (Å²) in [4.78, 5) is 0. The number of phenolic OH excluding ortho intramolecular Hbond substituents is 1. The normalized spacial score (nSPS) is 10.3. The molecule has 0 atom stereocenters. The van der Waals surface area contributed by atoms with Crippen LogP contribution in [0.2, 0.25) is 0 Å². The summed E-state index contributed by atoms with van der Waals surface area (Å²) in [5.74, 6) is 0.364. The molecule has 0 bridgehead atoms. The van der Waals surface area contributed by atoms with Crippen LogP contribution in [-0.4, -0.2) is 20.0 Å². The molecule has 0 amide bonds. The van der Waals surface area contributed by atoms with E-state index in [0.29, 0.717) is 6.54 Å². The largest absolute Gasteiger partial charge is 0.508 e. The smallest absolute Gasteiger partial charge is 0.153 e. The maximum absolute atomic E-state index is 9.48. The lowest BCUT2D eigenvalue weighted by Crippen LogP contribution is -1.99. The molecule has 4 nitrogen and oxygen atoms in total. The van der Waals surface area contributed by atoms with Crippen molar-refractivity contribution in [1.29, 1.82) is 0 Å². The Bertz CT molecular complexity index is 437. The predicted octanol–water partition coefficient (Wildman–Crippen LogP) is 1.34. The Hall–Kier alpha value is -1.97. The second-order valence-electron chi connectivity index (χ2n) is 3.02. The summed E-state index contributed by atoms with van der Waals surface area (Å²) in [6.07, 6.45) is 2.87. The first-order valence-electron chi connectivity index (χ1n) is 4.24. The van der Waals surface area contributed by atoms with Gasteiger partial charge in [0.15, 0.2) is 5.75 Å². The van der Waals surface area contributed by atoms with Crippen molar-refractivity contribution in [2.24, 2.45) is 0 Å². The number of rotatable bonds is 2. The number of aromatic hydroxyl groups is 2. The molecule has 2 rings (SSSR count). The highest BCUT2D eigenvalue weighted by molar-refractivity contribution is 5.31. The van der Waals surface area contributed by atoms with Crippen molar-refractivity contribution in [3.8, 4) is 11.5 Å². The van der Waals surface area contributed by atoms with E-state index in [0.717, 1.165) is 5.56 Å². The lowest BCUT2D eigenvalue weighted by atomic mass is 10.2. The molecule has 0 radical (unpaired) electrons. The number of aromatic nitrogens is 2. The van der Waals surface area contributed by atoms with Gasteiger partial charge in [-0.2, -0.15) is 5.10 Å². The Morgan fingerprint density at radius 1 is 1.21 bits per heavy atom. The molecular formula is C10H10N2O2. The van der Waals surface area contributed by atoms with Crippen LogP contribution in [-0.2, 0) is 6.54 Å². The van der Waals surface area contributed by atoms with E-state index < -0.39 is 0 Å². The third-order valence-electron chi connectivity index (χ3n) is 1.94. The van der Waals surface area contributed by atoms with Crippen LogP contribution in [0.15, 0.2) is 36.7 Å². The predicted molar refractivity (Wildman–Crippen MR) is 51.1 cm³/mol. The van der Waals surface area contributed by atoms with Crippen molar-refractivity contribution < 1.29 is 10.2 Å². The van der Waals surface area contributed by atoms with E-state index in [2.05, 4.69) is 5.10 Å². The maximum atomic E-state index is 9.48. The fraction of sp³-hybridized carbons (Fsp3) is 0.100. The minimum Gasteiger partial charge on any atom is -0.508 e. The minimum atomic E-state index is 0.125. The van der Waals surface area contributed by atoms with E-state index in [1.165, 1.54) is 12.4 Å². The average molecular weight is 190 g/mol. The second-order valence-corrected chi connectivity index (χ2v) is 3.02. The van der Waals surface area contributed by atoms with Gasteiger partial charge in [-0.15, -0.1) is 0 Å². The van der Waals surface area contributed by atoms with Crippen LogP contribution in [0.4, 0.5) is 0 Å². The quantitative estimate of drug-likeness (QED) is 0.751. The van der Waals surface area contributed by atoms with Crippen LogP contribution in [0.3, 0.4) is 0 Å². The zero-order valence-electron chi connectivity index (χ0n) is 7.46. The topological polar surface area (TPSA) is 58.3 Å². The average Bonchev–Trinajstić information content (AvgIpc) is 2.56. The first-order valence-corrected chi connectivity index (χ1v) is 4.24. The number of para-hydroxylation sites is 1. The van der Waals surface area contributed by atoms with E-state index in [-0.39, 0.29) is 11.5 Å². The van der Waals surface area contributed by atoms with E-state index in [1.807, 2.05) is 12.1 Å². The van der Waals surface area contributed by atoms with Gasteiger partial charge in [-0.25, -0.2) is 0 Å². The van der Waals surface area contributed by atoms with Crippen LogP contribution in [0.25, 0.3) is 0 Å². The van der Waals surface area contributed by atoms with Gasteiger partial charge in [-0.05, 0) is 6.07 Å². The fourth-order valence-electron chi connectivity index (χ4n) is 1.26. The Balaban J connectivity index is 2.23. The van der Waals surface area contributed by atoms with Crippen molar-refractivity contribution >= 4 is 0 Å². The van der Waals surface area contributed by atoms with Crippen molar-refractivity contribution in [2.75, 3.05) is 0 Å². The molecule has 2 N–H and O–H groups in total. The van der Waals surface area contributed by atoms with Gasteiger partial charge in [0.1, 0.15) is 5.75 Å². The molecule has 1 aromatic heterocycles. The number of hydrogen-bond acceptors (Lipinski definition) is 3. The zero-order chi connectivity index (χ0) is 9.97. The van der Waals surface area contributed by atoms with Crippen molar-refractivity contribution in [3.63, 3.8) is 0 Å². The van der Waals surface area contributed by atoms with Crippen LogP contribution in [0.1, 0.15) is 5.56 Å². The van der Waals surface area contributed by atoms with Crippen LogP contribution >= 0.6 is 0 Å². The molecule has 14 heavy (non-hydrogen) atoms. The Kier molecular flexibility index (Phi) is 2.10. The number of phenols is 1. The van der Waals surface area contributed by atoms with Gasteiger partial charge in [0, 0.05) is 5.56 Å². The molecule has 1 aromatic carbocycles. The van der Waals surface area contributed by atoms with Crippen molar-refractivity contribution in [3.05, 3.63) is 42.2 Å². The zero-order valence-corrected chi connectivity index (χ0v) is 7.46. The first kappa shape index (κ1) is 8.62. The lowest BCUT2D eigenvalue weighted by molar-refractivity contribution is 0.462. The molecule has 0 spiro atoms. The van der Waals surface area contributed by atoms with Gasteiger partial charge >= 0.3 is 0 Å². The molecule has 0 saturated carbocycles. The Morgan fingerprint density at radius 2 is 2.00 bits per heavy atom. The molecule has 72 valence electrons. The van der Waals surface area contributed by atoms with Gasteiger partial charge in [-0.1, -0.05) is 18.2 Å². The highest BCUT2D eigenvalue weighted by Gasteiger charge is 2.01. The molecule has 0 fully saturated rings. The van der Waals surface area contributed by atoms with Crippen molar-refractivity contribution in [1.82, 2.24) is 9.78 Å². The first-order chi connectivity index (χ1) is 6.75. The van der Waals surface area contributed by atoms with Gasteiger partial charge in [0.25, 0.3) is 0 Å². The van der Waals surface area contributed by atoms with Crippen LogP contribution in [0, 0.1) is 0 Å². The lowest BCUT2D eigenvalue weighted by Gasteiger charge is -2.03. The molecule has 0 aliphatic heterocycles. The SMILES string of the molecule is Oc1cnn(Cc2ccccc2O)c1. The summed E-state index contributed by atoms with van der Waals surface area (Å²) in [7, 11) is 0. The fourth-order valence-corrected chi connectivity index (χ4v) is 1.26. The monoisotopic (exact) mass is 190 g/mol. The van der Waals surface area contributed by atoms with Gasteiger partial charge < -0.3 is 10.2 Å². The van der Waals surface area contributed by atoms with E-state index in [4.69, 9.17) is 5.11 Å². The van der Waals surface area contributed by atoms with Crippen LogP contribution < -0.4 is 0 Å². The summed E-state index contributed by atoms with van der Waals surface area (Å²) < 4.78 is 1.56. The highest BCUT2D eigenvalue weighted by atomic mass is 16.3. The van der Waals surface area contributed by atoms with Crippen LogP contribution in [0.5, 0.6) is 11.5 Å². The summed E-state index contributed by atoms with van der Waals surface area (Å²) in [5, 5.41) is 22.4. The van der Waals surface area contributed by atoms with E-state index >= 15 is 0 Å². The van der Waals surface area contributed by atoms with E-state index in [9.17, 15) is 5.11 Å². The Morgan fingerprint density at radius 3 is 2.64 bits per heavy atom. The van der Waals surface area contributed by atoms with E-state index in [1.54, 1.807) is 16.8 Å². The van der Waals surface area contributed by atoms with Gasteiger partial charge in [0.05, 0.1) is 18.9 Å². The maximum Gasteiger partial charge on any atom is 0.153 e. The number of hydrogen-bond donors (Lipinski definition) is 2. The summed E-state index contributed by atoms with van der Waals surface area (Å²) in [6, 6.07) is 7.05. The molecule has 0 saturated heterocycles. The molecule has 2 aromatic rings. The number of nitrogens with zero attached hydrogens (tertiary/aromatic N) is 2. The molecular weight excluding hydrogens is 180 g/mol. The molecule has 1 heterocycles. The highest BCUT2D eigenvalue weighted by Crippen LogP contribution is 2.17. The standard InChI is InChI=1S/C10H10N2O2/c13-9-5-11-12(7-9)6-8-3-1-2-4-10(8)14/h1-5,7,13-14H,6H2. The summed E-state index contributed by atoms with van der Waals surface area (Å²) in [5.41, 5.74) is 0.774. The molecule has 4 heteroatoms. The minimum absolute atomic E-state index is 0.125. The van der Waals surface area contributed by atoms with Crippen molar-refractivity contribution in [2.45, 2.75) is 6.54 Å². The van der Waals surface area contributed by atoms with Gasteiger partial charge in [0.2, 0.25) is 0 Å². The third-order valence-corrected chi connectivity index (χ3v) is 1.94. The molecule has 0 aliphatic carbocycles. The summed E-state index contributed by atoms with van der Waals surface area (Å²) in [6.45, 7) is 0.452.